The fraction of sp³-hybridized carbons (Fsp3) is 0.412. The van der Waals surface area contributed by atoms with E-state index in [9.17, 15) is 0 Å². The Bertz CT molecular complexity index is 611. The number of fused-ring (bicyclic) bond motifs is 1. The molecule has 0 radical (unpaired) electrons. The van der Waals surface area contributed by atoms with Crippen LogP contribution in [-0.4, -0.2) is 30.6 Å². The molecule has 0 bridgehead atoms. The van der Waals surface area contributed by atoms with Crippen molar-refractivity contribution in [2.24, 2.45) is 0 Å². The number of anilines is 1. The highest BCUT2D eigenvalue weighted by Gasteiger charge is 2.22. The molecule has 1 N–H and O–H groups in total. The molecule has 3 heteroatoms. The molecule has 2 nitrogen and oxygen atoms in total. The van der Waals surface area contributed by atoms with Gasteiger partial charge in [0.05, 0.1) is 0 Å². The van der Waals surface area contributed by atoms with Gasteiger partial charge in [-0.1, -0.05) is 40.2 Å². The first-order valence-electron chi connectivity index (χ1n) is 7.29. The lowest BCUT2D eigenvalue weighted by atomic mass is 9.98. The molecule has 0 aliphatic carbocycles. The smallest absolute Gasteiger partial charge is 0.0422 e. The Balaban J connectivity index is 1.86. The Kier molecular flexibility index (Phi) is 3.99. The van der Waals surface area contributed by atoms with E-state index < -0.39 is 0 Å². The quantitative estimate of drug-likeness (QED) is 0.871. The Morgan fingerprint density at radius 2 is 1.90 bits per heavy atom. The highest BCUT2D eigenvalue weighted by molar-refractivity contribution is 9.10. The van der Waals surface area contributed by atoms with Gasteiger partial charge in [-0.2, -0.15) is 0 Å². The molecule has 1 fully saturated rings. The molecule has 2 unspecified atom stereocenters. The average molecular weight is 333 g/mol. The van der Waals surface area contributed by atoms with Gasteiger partial charge in [0.15, 0.2) is 0 Å². The standard InChI is InChI=1S/C17H21BrN2/c1-12-11-13(9-10-20(12)2)19-17-8-7-16(18)14-5-3-4-6-15(14)17/h3-8,12-13,19H,9-11H2,1-2H3. The Hall–Kier alpha value is -1.06. The molecule has 2 aromatic carbocycles. The zero-order valence-electron chi connectivity index (χ0n) is 12.1. The summed E-state index contributed by atoms with van der Waals surface area (Å²) in [4.78, 5) is 2.44. The molecule has 20 heavy (non-hydrogen) atoms. The van der Waals surface area contributed by atoms with Gasteiger partial charge < -0.3 is 10.2 Å². The topological polar surface area (TPSA) is 15.3 Å². The first-order chi connectivity index (χ1) is 9.65. The first-order valence-corrected chi connectivity index (χ1v) is 8.08. The summed E-state index contributed by atoms with van der Waals surface area (Å²) in [5, 5.41) is 6.33. The largest absolute Gasteiger partial charge is 0.382 e. The maximum atomic E-state index is 3.75. The molecular weight excluding hydrogens is 312 g/mol. The Labute approximate surface area is 129 Å². The second kappa shape index (κ2) is 5.74. The third-order valence-electron chi connectivity index (χ3n) is 4.44. The van der Waals surface area contributed by atoms with Gasteiger partial charge in [-0.3, -0.25) is 0 Å². The predicted octanol–water partition coefficient (Wildman–Crippen LogP) is 4.50. The first kappa shape index (κ1) is 13.9. The van der Waals surface area contributed by atoms with Crippen LogP contribution in [0.3, 0.4) is 0 Å². The SMILES string of the molecule is CC1CC(Nc2ccc(Br)c3ccccc23)CCN1C. The third-order valence-corrected chi connectivity index (χ3v) is 5.13. The van der Waals surface area contributed by atoms with E-state index in [4.69, 9.17) is 0 Å². The minimum Gasteiger partial charge on any atom is -0.382 e. The van der Waals surface area contributed by atoms with Crippen molar-refractivity contribution in [2.45, 2.75) is 31.8 Å². The molecule has 1 aliphatic heterocycles. The minimum atomic E-state index is 0.575. The fourth-order valence-corrected chi connectivity index (χ4v) is 3.51. The van der Waals surface area contributed by atoms with Gasteiger partial charge in [-0.25, -0.2) is 0 Å². The lowest BCUT2D eigenvalue weighted by Gasteiger charge is -2.36. The fourth-order valence-electron chi connectivity index (χ4n) is 3.03. The molecule has 0 spiro atoms. The molecule has 0 amide bonds. The average Bonchev–Trinajstić information content (AvgIpc) is 2.46. The van der Waals surface area contributed by atoms with Gasteiger partial charge in [-0.05, 0) is 44.3 Å². The number of hydrogen-bond donors (Lipinski definition) is 1. The van der Waals surface area contributed by atoms with Gasteiger partial charge in [0.2, 0.25) is 0 Å². The molecule has 0 aromatic heterocycles. The second-order valence-corrected chi connectivity index (χ2v) is 6.69. The van der Waals surface area contributed by atoms with Crippen LogP contribution in [0.1, 0.15) is 19.8 Å². The summed E-state index contributed by atoms with van der Waals surface area (Å²) in [6, 6.07) is 14.1. The number of halogens is 1. The molecule has 3 rings (SSSR count). The number of rotatable bonds is 2. The van der Waals surface area contributed by atoms with Crippen molar-refractivity contribution in [3.8, 4) is 0 Å². The molecule has 1 heterocycles. The molecule has 2 atom stereocenters. The number of nitrogens with one attached hydrogen (secondary N) is 1. The highest BCUT2D eigenvalue weighted by Crippen LogP contribution is 2.31. The Morgan fingerprint density at radius 1 is 1.15 bits per heavy atom. The summed E-state index contributed by atoms with van der Waals surface area (Å²) >= 11 is 3.64. The normalized spacial score (nSPS) is 23.9. The molecule has 106 valence electrons. The van der Waals surface area contributed by atoms with Crippen LogP contribution in [0.2, 0.25) is 0 Å². The van der Waals surface area contributed by atoms with Crippen LogP contribution in [-0.2, 0) is 0 Å². The summed E-state index contributed by atoms with van der Waals surface area (Å²) in [5.74, 6) is 0. The van der Waals surface area contributed by atoms with Crippen LogP contribution in [0.15, 0.2) is 40.9 Å². The van der Waals surface area contributed by atoms with E-state index in [1.165, 1.54) is 35.8 Å². The van der Waals surface area contributed by atoms with Crippen LogP contribution in [0, 0.1) is 0 Å². The van der Waals surface area contributed by atoms with Gasteiger partial charge in [0.25, 0.3) is 0 Å². The lowest BCUT2D eigenvalue weighted by Crippen LogP contribution is -2.42. The highest BCUT2D eigenvalue weighted by atomic mass is 79.9. The summed E-state index contributed by atoms with van der Waals surface area (Å²) in [6.45, 7) is 3.49. The molecule has 0 saturated carbocycles. The van der Waals surface area contributed by atoms with Crippen LogP contribution in [0.4, 0.5) is 5.69 Å². The van der Waals surface area contributed by atoms with Gasteiger partial charge in [0, 0.05) is 34.2 Å². The monoisotopic (exact) mass is 332 g/mol. The number of likely N-dealkylation sites (tertiary alicyclic amines) is 1. The number of hydrogen-bond acceptors (Lipinski definition) is 2. The summed E-state index contributed by atoms with van der Waals surface area (Å²) in [6.07, 6.45) is 2.42. The van der Waals surface area contributed by atoms with E-state index in [2.05, 4.69) is 76.5 Å². The van der Waals surface area contributed by atoms with E-state index in [1.54, 1.807) is 0 Å². The summed E-state index contributed by atoms with van der Waals surface area (Å²) in [7, 11) is 2.22. The van der Waals surface area contributed by atoms with Crippen LogP contribution >= 0.6 is 15.9 Å². The van der Waals surface area contributed by atoms with Crippen molar-refractivity contribution >= 4 is 32.4 Å². The van der Waals surface area contributed by atoms with Crippen molar-refractivity contribution in [3.05, 3.63) is 40.9 Å². The molecule has 1 saturated heterocycles. The molecule has 1 aliphatic rings. The minimum absolute atomic E-state index is 0.575. The molecule has 2 aromatic rings. The van der Waals surface area contributed by atoms with Crippen molar-refractivity contribution in [3.63, 3.8) is 0 Å². The van der Waals surface area contributed by atoms with Gasteiger partial charge in [-0.15, -0.1) is 0 Å². The van der Waals surface area contributed by atoms with Crippen molar-refractivity contribution in [1.82, 2.24) is 4.90 Å². The second-order valence-electron chi connectivity index (χ2n) is 5.84. The van der Waals surface area contributed by atoms with E-state index in [-0.39, 0.29) is 0 Å². The maximum Gasteiger partial charge on any atom is 0.0422 e. The Morgan fingerprint density at radius 3 is 2.65 bits per heavy atom. The van der Waals surface area contributed by atoms with E-state index in [0.717, 1.165) is 4.47 Å². The zero-order valence-corrected chi connectivity index (χ0v) is 13.7. The number of benzene rings is 2. The summed E-state index contributed by atoms with van der Waals surface area (Å²) < 4.78 is 1.16. The van der Waals surface area contributed by atoms with E-state index in [1.807, 2.05) is 0 Å². The lowest BCUT2D eigenvalue weighted by molar-refractivity contribution is 0.190. The maximum absolute atomic E-state index is 3.75. The van der Waals surface area contributed by atoms with Crippen molar-refractivity contribution in [2.75, 3.05) is 18.9 Å². The predicted molar refractivity (Wildman–Crippen MR) is 90.4 cm³/mol. The van der Waals surface area contributed by atoms with Crippen molar-refractivity contribution in [1.29, 1.82) is 0 Å². The van der Waals surface area contributed by atoms with Gasteiger partial charge >= 0.3 is 0 Å². The number of piperidine rings is 1. The number of nitrogens with zero attached hydrogens (tertiary/aromatic N) is 1. The van der Waals surface area contributed by atoms with Crippen LogP contribution < -0.4 is 5.32 Å². The third kappa shape index (κ3) is 2.70. The zero-order chi connectivity index (χ0) is 14.1. The summed E-state index contributed by atoms with van der Waals surface area (Å²) in [5.41, 5.74) is 1.26. The van der Waals surface area contributed by atoms with Crippen molar-refractivity contribution < 1.29 is 0 Å². The van der Waals surface area contributed by atoms with E-state index >= 15 is 0 Å². The molecular formula is C17H21BrN2. The van der Waals surface area contributed by atoms with Gasteiger partial charge in [0.1, 0.15) is 0 Å². The van der Waals surface area contributed by atoms with Crippen LogP contribution in [0.5, 0.6) is 0 Å². The van der Waals surface area contributed by atoms with Crippen LogP contribution in [0.25, 0.3) is 10.8 Å². The van der Waals surface area contributed by atoms with E-state index in [0.29, 0.717) is 12.1 Å².